The average molecular weight is 312 g/mol. The van der Waals surface area contributed by atoms with Crippen LogP contribution in [0.1, 0.15) is 0 Å². The summed E-state index contributed by atoms with van der Waals surface area (Å²) in [4.78, 5) is 0. The molecule has 4 aromatic rings. The van der Waals surface area contributed by atoms with Crippen molar-refractivity contribution in [1.82, 2.24) is 0 Å². The molecule has 2 nitrogen and oxygen atoms in total. The maximum Gasteiger partial charge on any atom is 0.115 e. The lowest BCUT2D eigenvalue weighted by molar-refractivity contribution is 0.475. The topological polar surface area (TPSA) is 40.5 Å². The van der Waals surface area contributed by atoms with Gasteiger partial charge >= 0.3 is 0 Å². The van der Waals surface area contributed by atoms with Gasteiger partial charge in [0, 0.05) is 0 Å². The standard InChI is InChI=1S/C22H16O2/c23-17-9-5-15(6-10-17)19-13-14-20(16-7-11-18(24)12-8-16)22-4-2-1-3-21(19)22/h1-14,23-24H. The molecule has 0 radical (unpaired) electrons. The van der Waals surface area contributed by atoms with Crippen LogP contribution >= 0.6 is 0 Å². The fourth-order valence-electron chi connectivity index (χ4n) is 3.08. The first-order chi connectivity index (χ1) is 11.7. The summed E-state index contributed by atoms with van der Waals surface area (Å²) in [5.41, 5.74) is 4.41. The first kappa shape index (κ1) is 14.3. The lowest BCUT2D eigenvalue weighted by Crippen LogP contribution is -1.86. The quantitative estimate of drug-likeness (QED) is 0.507. The summed E-state index contributed by atoms with van der Waals surface area (Å²) in [5, 5.41) is 21.3. The Kier molecular flexibility index (Phi) is 3.43. The molecule has 116 valence electrons. The molecule has 24 heavy (non-hydrogen) atoms. The third-order valence-corrected chi connectivity index (χ3v) is 4.28. The summed E-state index contributed by atoms with van der Waals surface area (Å²) >= 11 is 0. The van der Waals surface area contributed by atoms with Crippen molar-refractivity contribution in [2.45, 2.75) is 0 Å². The SMILES string of the molecule is Oc1ccc(-c2ccc(-c3ccc(O)cc3)c3ccccc23)cc1. The van der Waals surface area contributed by atoms with Crippen LogP contribution in [0.4, 0.5) is 0 Å². The van der Waals surface area contributed by atoms with E-state index < -0.39 is 0 Å². The van der Waals surface area contributed by atoms with Crippen LogP contribution in [0.3, 0.4) is 0 Å². The van der Waals surface area contributed by atoms with Crippen LogP contribution < -0.4 is 0 Å². The summed E-state index contributed by atoms with van der Waals surface area (Å²) in [6.45, 7) is 0. The van der Waals surface area contributed by atoms with Gasteiger partial charge in [-0.3, -0.25) is 0 Å². The van der Waals surface area contributed by atoms with Crippen molar-refractivity contribution < 1.29 is 10.2 Å². The Morgan fingerprint density at radius 2 is 0.792 bits per heavy atom. The normalized spacial score (nSPS) is 10.8. The van der Waals surface area contributed by atoms with Gasteiger partial charge in [0.2, 0.25) is 0 Å². The molecule has 0 amide bonds. The van der Waals surface area contributed by atoms with Crippen LogP contribution in [0.15, 0.2) is 84.9 Å². The highest BCUT2D eigenvalue weighted by atomic mass is 16.3. The number of phenols is 2. The predicted octanol–water partition coefficient (Wildman–Crippen LogP) is 5.59. The summed E-state index contributed by atoms with van der Waals surface area (Å²) in [7, 11) is 0. The Balaban J connectivity index is 1.95. The van der Waals surface area contributed by atoms with E-state index in [0.717, 1.165) is 33.0 Å². The molecule has 2 N–H and O–H groups in total. The van der Waals surface area contributed by atoms with Gasteiger partial charge in [0.05, 0.1) is 0 Å². The van der Waals surface area contributed by atoms with Gasteiger partial charge < -0.3 is 10.2 Å². The lowest BCUT2D eigenvalue weighted by atomic mass is 9.92. The van der Waals surface area contributed by atoms with Crippen molar-refractivity contribution in [3.8, 4) is 33.8 Å². The van der Waals surface area contributed by atoms with Gasteiger partial charge in [-0.15, -0.1) is 0 Å². The molecule has 0 bridgehead atoms. The molecule has 0 saturated carbocycles. The number of fused-ring (bicyclic) bond motifs is 1. The zero-order chi connectivity index (χ0) is 16.5. The van der Waals surface area contributed by atoms with Gasteiger partial charge in [0.1, 0.15) is 11.5 Å². The van der Waals surface area contributed by atoms with E-state index >= 15 is 0 Å². The molecule has 0 heterocycles. The molecule has 2 heteroatoms. The molecule has 0 aliphatic carbocycles. The monoisotopic (exact) mass is 312 g/mol. The maximum atomic E-state index is 9.51. The molecule has 0 aromatic heterocycles. The molecular formula is C22H16O2. The molecule has 0 fully saturated rings. The van der Waals surface area contributed by atoms with Crippen molar-refractivity contribution in [2.24, 2.45) is 0 Å². The van der Waals surface area contributed by atoms with Crippen molar-refractivity contribution in [3.05, 3.63) is 84.9 Å². The Bertz CT molecular complexity index is 916. The second-order valence-corrected chi connectivity index (χ2v) is 5.80. The zero-order valence-corrected chi connectivity index (χ0v) is 13.0. The minimum atomic E-state index is 0.267. The molecule has 0 aliphatic rings. The van der Waals surface area contributed by atoms with Crippen LogP contribution in [0.2, 0.25) is 0 Å². The number of aromatic hydroxyl groups is 2. The van der Waals surface area contributed by atoms with E-state index in [-0.39, 0.29) is 11.5 Å². The first-order valence-corrected chi connectivity index (χ1v) is 7.83. The van der Waals surface area contributed by atoms with Crippen molar-refractivity contribution >= 4 is 10.8 Å². The zero-order valence-electron chi connectivity index (χ0n) is 13.0. The minimum absolute atomic E-state index is 0.267. The second kappa shape index (κ2) is 5.74. The van der Waals surface area contributed by atoms with Crippen molar-refractivity contribution in [1.29, 1.82) is 0 Å². The maximum absolute atomic E-state index is 9.51. The fourth-order valence-corrected chi connectivity index (χ4v) is 3.08. The number of phenolic OH excluding ortho intramolecular Hbond substituents is 2. The highest BCUT2D eigenvalue weighted by Crippen LogP contribution is 2.36. The van der Waals surface area contributed by atoms with Crippen LogP contribution in [0, 0.1) is 0 Å². The third kappa shape index (κ3) is 2.48. The molecule has 0 saturated heterocycles. The van der Waals surface area contributed by atoms with Gasteiger partial charge in [-0.1, -0.05) is 60.7 Å². The van der Waals surface area contributed by atoms with Gasteiger partial charge in [-0.05, 0) is 57.3 Å². The lowest BCUT2D eigenvalue weighted by Gasteiger charge is -2.12. The van der Waals surface area contributed by atoms with E-state index in [9.17, 15) is 10.2 Å². The van der Waals surface area contributed by atoms with E-state index in [1.54, 1.807) is 24.3 Å². The molecule has 0 spiro atoms. The second-order valence-electron chi connectivity index (χ2n) is 5.80. The molecular weight excluding hydrogens is 296 g/mol. The Morgan fingerprint density at radius 1 is 0.417 bits per heavy atom. The molecule has 4 rings (SSSR count). The Morgan fingerprint density at radius 3 is 1.17 bits per heavy atom. The van der Waals surface area contributed by atoms with E-state index in [1.165, 1.54) is 0 Å². The van der Waals surface area contributed by atoms with Crippen LogP contribution in [-0.4, -0.2) is 10.2 Å². The number of hydrogen-bond acceptors (Lipinski definition) is 2. The van der Waals surface area contributed by atoms with E-state index in [2.05, 4.69) is 24.3 Å². The van der Waals surface area contributed by atoms with E-state index in [0.29, 0.717) is 0 Å². The number of benzene rings is 4. The fraction of sp³-hybridized carbons (Fsp3) is 0. The third-order valence-electron chi connectivity index (χ3n) is 4.28. The van der Waals surface area contributed by atoms with Gasteiger partial charge in [-0.25, -0.2) is 0 Å². The highest BCUT2D eigenvalue weighted by molar-refractivity contribution is 6.04. The largest absolute Gasteiger partial charge is 0.508 e. The van der Waals surface area contributed by atoms with Gasteiger partial charge in [0.25, 0.3) is 0 Å². The van der Waals surface area contributed by atoms with E-state index in [4.69, 9.17) is 0 Å². The summed E-state index contributed by atoms with van der Waals surface area (Å²) < 4.78 is 0. The average Bonchev–Trinajstić information content (AvgIpc) is 2.62. The summed E-state index contributed by atoms with van der Waals surface area (Å²) in [6.07, 6.45) is 0. The number of hydrogen-bond donors (Lipinski definition) is 2. The van der Waals surface area contributed by atoms with Crippen molar-refractivity contribution in [2.75, 3.05) is 0 Å². The van der Waals surface area contributed by atoms with Crippen LogP contribution in [0.25, 0.3) is 33.0 Å². The summed E-state index contributed by atoms with van der Waals surface area (Å²) in [6, 6.07) is 27.0. The van der Waals surface area contributed by atoms with E-state index in [1.807, 2.05) is 36.4 Å². The predicted molar refractivity (Wildman–Crippen MR) is 98.1 cm³/mol. The molecule has 0 atom stereocenters. The highest BCUT2D eigenvalue weighted by Gasteiger charge is 2.09. The van der Waals surface area contributed by atoms with Gasteiger partial charge in [-0.2, -0.15) is 0 Å². The van der Waals surface area contributed by atoms with Crippen molar-refractivity contribution in [3.63, 3.8) is 0 Å². The minimum Gasteiger partial charge on any atom is -0.508 e. The molecule has 4 aromatic carbocycles. The summed E-state index contributed by atoms with van der Waals surface area (Å²) in [5.74, 6) is 0.535. The smallest absolute Gasteiger partial charge is 0.115 e. The van der Waals surface area contributed by atoms with Gasteiger partial charge in [0.15, 0.2) is 0 Å². The van der Waals surface area contributed by atoms with Crippen LogP contribution in [-0.2, 0) is 0 Å². The van der Waals surface area contributed by atoms with Crippen LogP contribution in [0.5, 0.6) is 11.5 Å². The molecule has 0 aliphatic heterocycles. The Hall–Kier alpha value is -3.26. The molecule has 0 unspecified atom stereocenters. The Labute approximate surface area is 140 Å². The number of rotatable bonds is 2. The first-order valence-electron chi connectivity index (χ1n) is 7.83.